The topological polar surface area (TPSA) is 21.3 Å². The number of ether oxygens (including phenoxy) is 1. The first-order valence-electron chi connectivity index (χ1n) is 6.61. The molecule has 0 radical (unpaired) electrons. The first-order valence-corrected chi connectivity index (χ1v) is 7.37. The van der Waals surface area contributed by atoms with E-state index in [1.54, 1.807) is 18.2 Å². The molecule has 0 bridgehead atoms. The molecule has 0 heterocycles. The van der Waals surface area contributed by atoms with E-state index < -0.39 is 0 Å². The van der Waals surface area contributed by atoms with Crippen molar-refractivity contribution in [2.45, 2.75) is 19.9 Å². The SMILES string of the molecule is CCCNCc1cccc(Oc2cc(Cl)ccc2Cl)c1. The largest absolute Gasteiger partial charge is 0.456 e. The van der Waals surface area contributed by atoms with Gasteiger partial charge in [0.25, 0.3) is 0 Å². The van der Waals surface area contributed by atoms with Crippen LogP contribution in [-0.4, -0.2) is 6.54 Å². The van der Waals surface area contributed by atoms with E-state index in [0.717, 1.165) is 25.3 Å². The van der Waals surface area contributed by atoms with Gasteiger partial charge in [-0.3, -0.25) is 0 Å². The van der Waals surface area contributed by atoms with Crippen molar-refractivity contribution in [3.05, 3.63) is 58.1 Å². The van der Waals surface area contributed by atoms with Crippen LogP contribution in [0, 0.1) is 0 Å². The molecule has 0 amide bonds. The summed E-state index contributed by atoms with van der Waals surface area (Å²) in [5.74, 6) is 1.32. The van der Waals surface area contributed by atoms with E-state index in [9.17, 15) is 0 Å². The van der Waals surface area contributed by atoms with Crippen molar-refractivity contribution in [2.75, 3.05) is 6.54 Å². The lowest BCUT2D eigenvalue weighted by molar-refractivity contribution is 0.482. The highest BCUT2D eigenvalue weighted by molar-refractivity contribution is 6.34. The van der Waals surface area contributed by atoms with Crippen LogP contribution in [0.1, 0.15) is 18.9 Å². The molecule has 1 N–H and O–H groups in total. The molecule has 20 heavy (non-hydrogen) atoms. The number of hydrogen-bond donors (Lipinski definition) is 1. The Morgan fingerprint density at radius 2 is 1.95 bits per heavy atom. The molecule has 0 spiro atoms. The molecule has 2 aromatic carbocycles. The van der Waals surface area contributed by atoms with Crippen molar-refractivity contribution < 1.29 is 4.74 Å². The maximum atomic E-state index is 6.09. The highest BCUT2D eigenvalue weighted by Gasteiger charge is 2.05. The highest BCUT2D eigenvalue weighted by atomic mass is 35.5. The van der Waals surface area contributed by atoms with E-state index in [4.69, 9.17) is 27.9 Å². The number of halogens is 2. The summed E-state index contributed by atoms with van der Waals surface area (Å²) in [7, 11) is 0. The zero-order chi connectivity index (χ0) is 14.4. The van der Waals surface area contributed by atoms with Crippen LogP contribution in [0.4, 0.5) is 0 Å². The fourth-order valence-corrected chi connectivity index (χ4v) is 2.13. The fourth-order valence-electron chi connectivity index (χ4n) is 1.81. The monoisotopic (exact) mass is 309 g/mol. The minimum absolute atomic E-state index is 0.545. The summed E-state index contributed by atoms with van der Waals surface area (Å²) in [6, 6.07) is 13.1. The molecular weight excluding hydrogens is 293 g/mol. The molecule has 0 aliphatic carbocycles. The number of benzene rings is 2. The molecule has 0 aromatic heterocycles. The van der Waals surface area contributed by atoms with Crippen LogP contribution < -0.4 is 10.1 Å². The van der Waals surface area contributed by atoms with Crippen molar-refractivity contribution in [3.63, 3.8) is 0 Å². The second-order valence-corrected chi connectivity index (χ2v) is 5.34. The van der Waals surface area contributed by atoms with Gasteiger partial charge in [-0.25, -0.2) is 0 Å². The molecule has 0 aliphatic heterocycles. The lowest BCUT2D eigenvalue weighted by Gasteiger charge is -2.10. The van der Waals surface area contributed by atoms with E-state index in [-0.39, 0.29) is 0 Å². The number of rotatable bonds is 6. The van der Waals surface area contributed by atoms with Gasteiger partial charge in [-0.2, -0.15) is 0 Å². The molecule has 106 valence electrons. The van der Waals surface area contributed by atoms with Gasteiger partial charge < -0.3 is 10.1 Å². The van der Waals surface area contributed by atoms with Crippen molar-refractivity contribution >= 4 is 23.2 Å². The van der Waals surface area contributed by atoms with Crippen molar-refractivity contribution in [1.82, 2.24) is 5.32 Å². The molecule has 0 saturated heterocycles. The molecule has 0 aliphatic rings. The molecule has 0 atom stereocenters. The summed E-state index contributed by atoms with van der Waals surface area (Å²) in [6.07, 6.45) is 1.12. The predicted octanol–water partition coefficient (Wildman–Crippen LogP) is 5.29. The van der Waals surface area contributed by atoms with E-state index in [2.05, 4.69) is 18.3 Å². The Labute approximate surface area is 129 Å². The second kappa shape index (κ2) is 7.53. The van der Waals surface area contributed by atoms with Crippen molar-refractivity contribution in [3.8, 4) is 11.5 Å². The maximum Gasteiger partial charge on any atom is 0.147 e. The highest BCUT2D eigenvalue weighted by Crippen LogP contribution is 2.32. The van der Waals surface area contributed by atoms with Crippen LogP contribution in [0.2, 0.25) is 10.0 Å². The summed E-state index contributed by atoms with van der Waals surface area (Å²) in [5.41, 5.74) is 1.18. The smallest absolute Gasteiger partial charge is 0.147 e. The van der Waals surface area contributed by atoms with Gasteiger partial charge in [0, 0.05) is 17.6 Å². The molecular formula is C16H17Cl2NO. The Kier molecular flexibility index (Phi) is 5.72. The predicted molar refractivity (Wildman–Crippen MR) is 85.0 cm³/mol. The number of hydrogen-bond acceptors (Lipinski definition) is 2. The van der Waals surface area contributed by atoms with Crippen molar-refractivity contribution in [2.24, 2.45) is 0 Å². The Bertz CT molecular complexity index is 572. The second-order valence-electron chi connectivity index (χ2n) is 4.50. The molecule has 0 fully saturated rings. The molecule has 2 rings (SSSR count). The molecule has 4 heteroatoms. The van der Waals surface area contributed by atoms with Gasteiger partial charge in [-0.1, -0.05) is 42.3 Å². The van der Waals surface area contributed by atoms with Crippen LogP contribution in [0.5, 0.6) is 11.5 Å². The van der Waals surface area contributed by atoms with Gasteiger partial charge in [0.15, 0.2) is 0 Å². The third kappa shape index (κ3) is 4.41. The third-order valence-corrected chi connectivity index (χ3v) is 3.32. The molecule has 0 unspecified atom stereocenters. The standard InChI is InChI=1S/C16H17Cl2NO/c1-2-8-19-11-12-4-3-5-14(9-12)20-16-10-13(17)6-7-15(16)18/h3-7,9-10,19H,2,8,11H2,1H3. The van der Waals surface area contributed by atoms with E-state index in [1.165, 1.54) is 5.56 Å². The van der Waals surface area contributed by atoms with Gasteiger partial charge >= 0.3 is 0 Å². The van der Waals surface area contributed by atoms with Crippen LogP contribution >= 0.6 is 23.2 Å². The quantitative estimate of drug-likeness (QED) is 0.732. The van der Waals surface area contributed by atoms with Crippen molar-refractivity contribution in [1.29, 1.82) is 0 Å². The Hall–Kier alpha value is -1.22. The van der Waals surface area contributed by atoms with Gasteiger partial charge in [0.05, 0.1) is 5.02 Å². The van der Waals surface area contributed by atoms with Gasteiger partial charge in [-0.15, -0.1) is 0 Å². The minimum Gasteiger partial charge on any atom is -0.456 e. The zero-order valence-electron chi connectivity index (χ0n) is 11.3. The number of nitrogens with one attached hydrogen (secondary N) is 1. The normalized spacial score (nSPS) is 10.6. The Morgan fingerprint density at radius 3 is 2.75 bits per heavy atom. The van der Waals surface area contributed by atoms with Crippen LogP contribution in [0.3, 0.4) is 0 Å². The van der Waals surface area contributed by atoms with Crippen LogP contribution in [-0.2, 0) is 6.54 Å². The Balaban J connectivity index is 2.09. The Morgan fingerprint density at radius 1 is 1.10 bits per heavy atom. The van der Waals surface area contributed by atoms with Gasteiger partial charge in [0.1, 0.15) is 11.5 Å². The summed E-state index contributed by atoms with van der Waals surface area (Å²) in [4.78, 5) is 0. The van der Waals surface area contributed by atoms with Gasteiger partial charge in [-0.05, 0) is 42.8 Å². The lowest BCUT2D eigenvalue weighted by Crippen LogP contribution is -2.13. The zero-order valence-corrected chi connectivity index (χ0v) is 12.8. The van der Waals surface area contributed by atoms with Gasteiger partial charge in [0.2, 0.25) is 0 Å². The summed E-state index contributed by atoms with van der Waals surface area (Å²) >= 11 is 12.0. The molecule has 0 saturated carbocycles. The summed E-state index contributed by atoms with van der Waals surface area (Å²) in [6.45, 7) is 3.98. The summed E-state index contributed by atoms with van der Waals surface area (Å²) in [5, 5.41) is 4.51. The van der Waals surface area contributed by atoms with E-state index in [0.29, 0.717) is 15.8 Å². The van der Waals surface area contributed by atoms with E-state index in [1.807, 2.05) is 18.2 Å². The molecule has 2 aromatic rings. The molecule has 2 nitrogen and oxygen atoms in total. The van der Waals surface area contributed by atoms with E-state index >= 15 is 0 Å². The first kappa shape index (κ1) is 15.2. The minimum atomic E-state index is 0.545. The average molecular weight is 310 g/mol. The van der Waals surface area contributed by atoms with Crippen LogP contribution in [0.15, 0.2) is 42.5 Å². The maximum absolute atomic E-state index is 6.09. The summed E-state index contributed by atoms with van der Waals surface area (Å²) < 4.78 is 5.79. The van der Waals surface area contributed by atoms with Crippen LogP contribution in [0.25, 0.3) is 0 Å². The first-order chi connectivity index (χ1) is 9.69. The lowest BCUT2D eigenvalue weighted by atomic mass is 10.2. The average Bonchev–Trinajstić information content (AvgIpc) is 2.44. The fraction of sp³-hybridized carbons (Fsp3) is 0.250. The third-order valence-electron chi connectivity index (χ3n) is 2.78.